The molecule has 0 spiro atoms. The number of nitrogen functional groups attached to an aromatic ring is 1. The smallest absolute Gasteiger partial charge is 0.251 e. The maximum absolute atomic E-state index is 12.3. The van der Waals surface area contributed by atoms with Crippen LogP contribution in [0.15, 0.2) is 12.1 Å². The van der Waals surface area contributed by atoms with E-state index in [0.717, 1.165) is 5.01 Å². The van der Waals surface area contributed by atoms with Crippen molar-refractivity contribution >= 4 is 22.4 Å². The third-order valence-corrected chi connectivity index (χ3v) is 3.85. The summed E-state index contributed by atoms with van der Waals surface area (Å²) in [5.41, 5.74) is 5.92. The van der Waals surface area contributed by atoms with E-state index in [1.165, 1.54) is 32.7 Å². The van der Waals surface area contributed by atoms with Gasteiger partial charge >= 0.3 is 0 Å². The lowest BCUT2D eigenvalue weighted by Gasteiger charge is -2.14. The number of hydrogen-bond acceptors (Lipinski definition) is 8. The van der Waals surface area contributed by atoms with Crippen LogP contribution in [0, 0.1) is 0 Å². The van der Waals surface area contributed by atoms with Gasteiger partial charge in [0.15, 0.2) is 11.5 Å². The Hall–Kier alpha value is -2.55. The zero-order chi connectivity index (χ0) is 16.8. The Morgan fingerprint density at radius 3 is 2.30 bits per heavy atom. The van der Waals surface area contributed by atoms with Crippen molar-refractivity contribution in [1.82, 2.24) is 15.5 Å². The first kappa shape index (κ1) is 16.8. The van der Waals surface area contributed by atoms with Gasteiger partial charge in [-0.15, -0.1) is 10.2 Å². The topological polar surface area (TPSA) is 109 Å². The summed E-state index contributed by atoms with van der Waals surface area (Å²) in [7, 11) is 4.51. The lowest BCUT2D eigenvalue weighted by molar-refractivity contribution is 0.0953. The van der Waals surface area contributed by atoms with Crippen molar-refractivity contribution in [3.05, 3.63) is 22.7 Å². The molecule has 8 nitrogen and oxygen atoms in total. The molecule has 0 fully saturated rings. The number of amides is 1. The maximum Gasteiger partial charge on any atom is 0.251 e. The highest BCUT2D eigenvalue weighted by Gasteiger charge is 2.16. The molecule has 0 atom stereocenters. The molecule has 0 aliphatic heterocycles. The highest BCUT2D eigenvalue weighted by Crippen LogP contribution is 2.38. The monoisotopic (exact) mass is 338 g/mol. The van der Waals surface area contributed by atoms with Gasteiger partial charge < -0.3 is 25.3 Å². The van der Waals surface area contributed by atoms with Gasteiger partial charge in [0.25, 0.3) is 5.91 Å². The van der Waals surface area contributed by atoms with Gasteiger partial charge in [-0.1, -0.05) is 11.3 Å². The van der Waals surface area contributed by atoms with Crippen LogP contribution in [-0.4, -0.2) is 44.0 Å². The summed E-state index contributed by atoms with van der Waals surface area (Å²) in [6.07, 6.45) is 0.561. The van der Waals surface area contributed by atoms with Crippen LogP contribution in [0.3, 0.4) is 0 Å². The number of nitrogens with zero attached hydrogens (tertiary/aromatic N) is 2. The number of benzene rings is 1. The third-order valence-electron chi connectivity index (χ3n) is 3.03. The second kappa shape index (κ2) is 7.63. The minimum absolute atomic E-state index is 0.248. The zero-order valence-corrected chi connectivity index (χ0v) is 13.9. The van der Waals surface area contributed by atoms with Crippen LogP contribution in [0.1, 0.15) is 15.4 Å². The molecule has 0 bridgehead atoms. The fourth-order valence-electron chi connectivity index (χ4n) is 1.96. The number of hydrogen-bond donors (Lipinski definition) is 2. The molecular weight excluding hydrogens is 320 g/mol. The maximum atomic E-state index is 12.3. The highest BCUT2D eigenvalue weighted by atomic mass is 32.1. The van der Waals surface area contributed by atoms with Crippen LogP contribution in [0.5, 0.6) is 17.2 Å². The van der Waals surface area contributed by atoms with Crippen LogP contribution >= 0.6 is 11.3 Å². The first-order chi connectivity index (χ1) is 11.1. The van der Waals surface area contributed by atoms with Crippen molar-refractivity contribution in [3.63, 3.8) is 0 Å². The lowest BCUT2D eigenvalue weighted by atomic mass is 10.1. The zero-order valence-electron chi connectivity index (χ0n) is 13.1. The van der Waals surface area contributed by atoms with Gasteiger partial charge in [-0.2, -0.15) is 0 Å². The van der Waals surface area contributed by atoms with Gasteiger partial charge in [0.1, 0.15) is 5.01 Å². The van der Waals surface area contributed by atoms with E-state index in [9.17, 15) is 4.79 Å². The summed E-state index contributed by atoms with van der Waals surface area (Å²) in [5.74, 6) is 1.04. The molecule has 0 aliphatic carbocycles. The van der Waals surface area contributed by atoms with Crippen LogP contribution < -0.4 is 25.3 Å². The minimum Gasteiger partial charge on any atom is -0.493 e. The summed E-state index contributed by atoms with van der Waals surface area (Å²) in [6, 6.07) is 3.19. The Bertz CT molecular complexity index is 664. The SMILES string of the molecule is COc1cc(C(=O)NCCc2nnc(N)s2)cc(OC)c1OC. The largest absolute Gasteiger partial charge is 0.493 e. The van der Waals surface area contributed by atoms with Gasteiger partial charge in [0.05, 0.1) is 21.3 Å². The molecule has 1 amide bonds. The van der Waals surface area contributed by atoms with Gasteiger partial charge in [0, 0.05) is 18.5 Å². The van der Waals surface area contributed by atoms with E-state index in [4.69, 9.17) is 19.9 Å². The third kappa shape index (κ3) is 4.01. The molecule has 124 valence electrons. The first-order valence-electron chi connectivity index (χ1n) is 6.75. The highest BCUT2D eigenvalue weighted by molar-refractivity contribution is 7.15. The molecule has 0 unspecified atom stereocenters. The molecular formula is C14H18N4O4S. The molecule has 23 heavy (non-hydrogen) atoms. The van der Waals surface area contributed by atoms with E-state index in [1.54, 1.807) is 12.1 Å². The summed E-state index contributed by atoms with van der Waals surface area (Å²) < 4.78 is 15.7. The van der Waals surface area contributed by atoms with Crippen molar-refractivity contribution in [2.45, 2.75) is 6.42 Å². The molecule has 0 radical (unpaired) electrons. The summed E-state index contributed by atoms with van der Waals surface area (Å²) in [4.78, 5) is 12.3. The van der Waals surface area contributed by atoms with Crippen LogP contribution in [0.2, 0.25) is 0 Å². The summed E-state index contributed by atoms with van der Waals surface area (Å²) in [6.45, 7) is 0.421. The second-order valence-electron chi connectivity index (χ2n) is 4.45. The number of anilines is 1. The fraction of sp³-hybridized carbons (Fsp3) is 0.357. The van der Waals surface area contributed by atoms with Gasteiger partial charge in [0.2, 0.25) is 10.9 Å². The number of rotatable bonds is 7. The van der Waals surface area contributed by atoms with Crippen molar-refractivity contribution < 1.29 is 19.0 Å². The Morgan fingerprint density at radius 1 is 1.17 bits per heavy atom. The van der Waals surface area contributed by atoms with E-state index in [-0.39, 0.29) is 5.91 Å². The number of aromatic nitrogens is 2. The first-order valence-corrected chi connectivity index (χ1v) is 7.56. The van der Waals surface area contributed by atoms with E-state index in [0.29, 0.717) is 40.9 Å². The Morgan fingerprint density at radius 2 is 1.83 bits per heavy atom. The average molecular weight is 338 g/mol. The summed E-state index contributed by atoms with van der Waals surface area (Å²) >= 11 is 1.30. The Balaban J connectivity index is 2.06. The van der Waals surface area contributed by atoms with Crippen molar-refractivity contribution in [2.75, 3.05) is 33.6 Å². The molecule has 9 heteroatoms. The predicted octanol–water partition coefficient (Wildman–Crippen LogP) is 1.12. The number of carbonyl (C=O) groups is 1. The van der Waals surface area contributed by atoms with Crippen molar-refractivity contribution in [2.24, 2.45) is 0 Å². The van der Waals surface area contributed by atoms with Crippen LogP contribution in [-0.2, 0) is 6.42 Å². The van der Waals surface area contributed by atoms with Crippen molar-refractivity contribution in [1.29, 1.82) is 0 Å². The Labute approximate surface area is 137 Å². The minimum atomic E-state index is -0.248. The standard InChI is InChI=1S/C14H18N4O4S/c1-20-9-6-8(7-10(21-2)12(9)22-3)13(19)16-5-4-11-17-18-14(15)23-11/h6-7H,4-5H2,1-3H3,(H2,15,18)(H,16,19). The van der Waals surface area contributed by atoms with Gasteiger partial charge in [-0.05, 0) is 12.1 Å². The molecule has 2 aromatic rings. The normalized spacial score (nSPS) is 10.2. The number of methoxy groups -OCH3 is 3. The summed E-state index contributed by atoms with van der Waals surface area (Å²) in [5, 5.41) is 11.6. The molecule has 1 aromatic carbocycles. The molecule has 0 aliphatic rings. The Kier molecular flexibility index (Phi) is 5.58. The van der Waals surface area contributed by atoms with E-state index in [2.05, 4.69) is 15.5 Å². The van der Waals surface area contributed by atoms with E-state index >= 15 is 0 Å². The number of carbonyl (C=O) groups excluding carboxylic acids is 1. The average Bonchev–Trinajstić information content (AvgIpc) is 2.98. The molecule has 0 saturated heterocycles. The van der Waals surface area contributed by atoms with Crippen LogP contribution in [0.25, 0.3) is 0 Å². The molecule has 3 N–H and O–H groups in total. The predicted molar refractivity (Wildman–Crippen MR) is 86.5 cm³/mol. The quantitative estimate of drug-likeness (QED) is 0.778. The number of nitrogens with one attached hydrogen (secondary N) is 1. The van der Waals surface area contributed by atoms with Gasteiger partial charge in [-0.25, -0.2) is 0 Å². The number of ether oxygens (including phenoxy) is 3. The fourth-order valence-corrected chi connectivity index (χ4v) is 2.57. The lowest BCUT2D eigenvalue weighted by Crippen LogP contribution is -2.25. The van der Waals surface area contributed by atoms with E-state index in [1.807, 2.05) is 0 Å². The molecule has 1 aromatic heterocycles. The number of nitrogens with two attached hydrogens (primary N) is 1. The second-order valence-corrected chi connectivity index (χ2v) is 5.55. The van der Waals surface area contributed by atoms with Crippen molar-refractivity contribution in [3.8, 4) is 17.2 Å². The molecule has 0 saturated carbocycles. The van der Waals surface area contributed by atoms with Crippen LogP contribution in [0.4, 0.5) is 5.13 Å². The molecule has 1 heterocycles. The van der Waals surface area contributed by atoms with E-state index < -0.39 is 0 Å². The van der Waals surface area contributed by atoms with Gasteiger partial charge in [-0.3, -0.25) is 4.79 Å². The molecule has 2 rings (SSSR count).